The fourth-order valence-corrected chi connectivity index (χ4v) is 6.94. The minimum absolute atomic E-state index is 0.882. The van der Waals surface area contributed by atoms with Crippen molar-refractivity contribution in [2.75, 3.05) is 9.80 Å². The van der Waals surface area contributed by atoms with Gasteiger partial charge in [0.2, 0.25) is 0 Å². The van der Waals surface area contributed by atoms with Gasteiger partial charge in [0.05, 0.1) is 11.4 Å². The number of hydrogen-bond donors (Lipinski definition) is 0. The molecule has 0 saturated heterocycles. The molecule has 9 rings (SSSR count). The third-order valence-electron chi connectivity index (χ3n) is 9.00. The van der Waals surface area contributed by atoms with Crippen LogP contribution in [0.5, 0.6) is 0 Å². The number of fused-ring (bicyclic) bond motifs is 1. The van der Waals surface area contributed by atoms with Crippen LogP contribution in [0, 0.1) is 0 Å². The van der Waals surface area contributed by atoms with Gasteiger partial charge in [-0.3, -0.25) is 4.90 Å². The molecule has 0 bridgehead atoms. The molecule has 8 aromatic carbocycles. The number of benzene rings is 8. The van der Waals surface area contributed by atoms with E-state index in [1.54, 1.807) is 0 Å². The second-order valence-corrected chi connectivity index (χ2v) is 11.7. The molecule has 0 saturated carbocycles. The van der Waals surface area contributed by atoms with E-state index in [9.17, 15) is 0 Å². The maximum absolute atomic E-state index is 4.84. The summed E-state index contributed by atoms with van der Waals surface area (Å²) in [5.74, 6) is 0.882. The molecule has 1 heterocycles. The van der Waals surface area contributed by atoms with E-state index in [2.05, 4.69) is 174 Å². The second-order valence-electron chi connectivity index (χ2n) is 11.7. The predicted molar refractivity (Wildman–Crippen MR) is 195 cm³/mol. The molecule has 0 aliphatic rings. The van der Waals surface area contributed by atoms with Crippen molar-refractivity contribution in [3.63, 3.8) is 0 Å². The average molecular weight is 588 g/mol. The van der Waals surface area contributed by atoms with Gasteiger partial charge in [-0.15, -0.1) is 0 Å². The van der Waals surface area contributed by atoms with Gasteiger partial charge in [-0.05, 0) is 93.0 Å². The molecule has 0 atom stereocenters. The van der Waals surface area contributed by atoms with Crippen molar-refractivity contribution in [2.24, 2.45) is 0 Å². The van der Waals surface area contributed by atoms with Crippen molar-refractivity contribution >= 4 is 77.3 Å². The Kier molecular flexibility index (Phi) is 6.14. The third kappa shape index (κ3) is 4.25. The number of aromatic nitrogens is 1. The molecule has 0 radical (unpaired) electrons. The Bertz CT molecular complexity index is 2430. The topological polar surface area (TPSA) is 19.4 Å². The van der Waals surface area contributed by atoms with Gasteiger partial charge in [0, 0.05) is 34.0 Å². The Morgan fingerprint density at radius 2 is 0.870 bits per heavy atom. The standard InChI is InChI=1S/C43H29N3/c1-3-13-34(14-4-1)45(35-15-5-2-6-16-35)39-26-21-31-20-25-38-40(27-22-32-19-24-37(39)42(31)43(32)38)46(41-17-9-10-28-44-41)36-23-18-30-11-7-8-12-33(30)29-36/h1-29H. The summed E-state index contributed by atoms with van der Waals surface area (Å²) in [5.41, 5.74) is 5.58. The average Bonchev–Trinajstić information content (AvgIpc) is 3.13. The Hall–Kier alpha value is -6.19. The Balaban J connectivity index is 1.32. The highest BCUT2D eigenvalue weighted by Gasteiger charge is 2.22. The quantitative estimate of drug-likeness (QED) is 0.180. The minimum Gasteiger partial charge on any atom is -0.310 e. The molecule has 46 heavy (non-hydrogen) atoms. The van der Waals surface area contributed by atoms with Crippen molar-refractivity contribution < 1.29 is 0 Å². The van der Waals surface area contributed by atoms with Crippen LogP contribution in [0.4, 0.5) is 34.3 Å². The Morgan fingerprint density at radius 1 is 0.348 bits per heavy atom. The summed E-state index contributed by atoms with van der Waals surface area (Å²) in [6.45, 7) is 0. The monoisotopic (exact) mass is 587 g/mol. The van der Waals surface area contributed by atoms with Crippen LogP contribution in [0.1, 0.15) is 0 Å². The van der Waals surface area contributed by atoms with E-state index in [-0.39, 0.29) is 0 Å². The van der Waals surface area contributed by atoms with Crippen molar-refractivity contribution in [3.8, 4) is 0 Å². The fraction of sp³-hybridized carbons (Fsp3) is 0. The lowest BCUT2D eigenvalue weighted by Crippen LogP contribution is -2.12. The van der Waals surface area contributed by atoms with E-state index in [0.717, 1.165) is 34.3 Å². The molecule has 3 nitrogen and oxygen atoms in total. The summed E-state index contributed by atoms with van der Waals surface area (Å²) in [4.78, 5) is 9.50. The van der Waals surface area contributed by atoms with Crippen molar-refractivity contribution in [2.45, 2.75) is 0 Å². The maximum Gasteiger partial charge on any atom is 0.137 e. The lowest BCUT2D eigenvalue weighted by atomic mass is 9.91. The van der Waals surface area contributed by atoms with E-state index in [1.165, 1.54) is 43.1 Å². The number of pyridine rings is 1. The molecule has 0 spiro atoms. The lowest BCUT2D eigenvalue weighted by molar-refractivity contribution is 1.19. The zero-order valence-electron chi connectivity index (χ0n) is 25.1. The van der Waals surface area contributed by atoms with Crippen LogP contribution in [0.3, 0.4) is 0 Å². The van der Waals surface area contributed by atoms with Gasteiger partial charge in [0.15, 0.2) is 0 Å². The van der Waals surface area contributed by atoms with E-state index in [1.807, 2.05) is 12.3 Å². The summed E-state index contributed by atoms with van der Waals surface area (Å²) in [5, 5.41) is 9.81. The van der Waals surface area contributed by atoms with Crippen LogP contribution in [0.2, 0.25) is 0 Å². The number of rotatable bonds is 6. The second kappa shape index (κ2) is 10.8. The van der Waals surface area contributed by atoms with Crippen LogP contribution in [0.15, 0.2) is 176 Å². The number of para-hydroxylation sites is 2. The van der Waals surface area contributed by atoms with Gasteiger partial charge >= 0.3 is 0 Å². The summed E-state index contributed by atoms with van der Waals surface area (Å²) in [6, 6.07) is 60.7. The first-order valence-corrected chi connectivity index (χ1v) is 15.6. The Labute approximate surface area is 267 Å². The first-order chi connectivity index (χ1) is 22.8. The molecule has 0 amide bonds. The molecule has 1 aromatic heterocycles. The molecule has 0 unspecified atom stereocenters. The minimum atomic E-state index is 0.882. The zero-order valence-corrected chi connectivity index (χ0v) is 25.1. The van der Waals surface area contributed by atoms with Crippen molar-refractivity contribution in [1.82, 2.24) is 4.98 Å². The van der Waals surface area contributed by atoms with Crippen LogP contribution in [0.25, 0.3) is 43.1 Å². The number of anilines is 6. The zero-order chi connectivity index (χ0) is 30.5. The maximum atomic E-state index is 4.84. The first-order valence-electron chi connectivity index (χ1n) is 15.6. The molecule has 0 fully saturated rings. The normalized spacial score (nSPS) is 11.5. The van der Waals surface area contributed by atoms with Gasteiger partial charge in [-0.2, -0.15) is 0 Å². The lowest BCUT2D eigenvalue weighted by Gasteiger charge is -2.29. The van der Waals surface area contributed by atoms with Gasteiger partial charge < -0.3 is 4.90 Å². The largest absolute Gasteiger partial charge is 0.310 e. The summed E-state index contributed by atoms with van der Waals surface area (Å²) in [7, 11) is 0. The van der Waals surface area contributed by atoms with E-state index in [0.29, 0.717) is 0 Å². The van der Waals surface area contributed by atoms with Crippen molar-refractivity contribution in [3.05, 3.63) is 176 Å². The predicted octanol–water partition coefficient (Wildman–Crippen LogP) is 12.1. The van der Waals surface area contributed by atoms with Crippen molar-refractivity contribution in [1.29, 1.82) is 0 Å². The molecule has 216 valence electrons. The molecule has 0 aliphatic heterocycles. The van der Waals surface area contributed by atoms with E-state index >= 15 is 0 Å². The highest BCUT2D eigenvalue weighted by molar-refractivity contribution is 6.28. The third-order valence-corrected chi connectivity index (χ3v) is 9.00. The van der Waals surface area contributed by atoms with Gasteiger partial charge in [-0.25, -0.2) is 4.98 Å². The van der Waals surface area contributed by atoms with Crippen LogP contribution in [-0.4, -0.2) is 4.98 Å². The van der Waals surface area contributed by atoms with E-state index < -0.39 is 0 Å². The van der Waals surface area contributed by atoms with Crippen LogP contribution >= 0.6 is 0 Å². The van der Waals surface area contributed by atoms with Gasteiger partial charge in [-0.1, -0.05) is 109 Å². The molecular weight excluding hydrogens is 558 g/mol. The SMILES string of the molecule is c1ccc(N(c2ccccc2)c2ccc3ccc4c(N(c5ccc6ccccc6c5)c5ccccn5)ccc5ccc2c3c54)cc1. The number of nitrogens with zero attached hydrogens (tertiary/aromatic N) is 3. The summed E-state index contributed by atoms with van der Waals surface area (Å²) >= 11 is 0. The molecule has 9 aromatic rings. The molecule has 0 N–H and O–H groups in total. The smallest absolute Gasteiger partial charge is 0.137 e. The molecule has 0 aliphatic carbocycles. The molecular formula is C43H29N3. The van der Waals surface area contributed by atoms with Crippen LogP contribution < -0.4 is 9.80 Å². The van der Waals surface area contributed by atoms with Gasteiger partial charge in [0.1, 0.15) is 5.82 Å². The summed E-state index contributed by atoms with van der Waals surface area (Å²) in [6.07, 6.45) is 1.87. The highest BCUT2D eigenvalue weighted by Crippen LogP contribution is 2.47. The highest BCUT2D eigenvalue weighted by atomic mass is 15.2. The van der Waals surface area contributed by atoms with E-state index in [4.69, 9.17) is 4.98 Å². The van der Waals surface area contributed by atoms with Crippen LogP contribution in [-0.2, 0) is 0 Å². The first kappa shape index (κ1) is 26.2. The molecule has 3 heteroatoms. The number of hydrogen-bond acceptors (Lipinski definition) is 3. The van der Waals surface area contributed by atoms with Gasteiger partial charge in [0.25, 0.3) is 0 Å². The Morgan fingerprint density at radius 3 is 1.48 bits per heavy atom. The fourth-order valence-electron chi connectivity index (χ4n) is 6.94. The summed E-state index contributed by atoms with van der Waals surface area (Å²) < 4.78 is 0.